The molecule has 0 aromatic heterocycles. The van der Waals surface area contributed by atoms with E-state index in [4.69, 9.17) is 5.11 Å². The number of carboxylic acid groups (broad SMARTS) is 1. The van der Waals surface area contributed by atoms with E-state index in [-0.39, 0.29) is 11.5 Å². The van der Waals surface area contributed by atoms with Crippen LogP contribution in [0, 0.1) is 0 Å². The molecule has 0 saturated carbocycles. The van der Waals surface area contributed by atoms with Crippen molar-refractivity contribution in [3.63, 3.8) is 0 Å². The molecule has 1 aliphatic rings. The molecule has 0 fully saturated rings. The van der Waals surface area contributed by atoms with Crippen LogP contribution >= 0.6 is 0 Å². The smallest absolute Gasteiger partial charge is 0.331 e. The molecule has 1 aliphatic heterocycles. The number of para-hydroxylation sites is 1. The van der Waals surface area contributed by atoms with Crippen LogP contribution in [0.1, 0.15) is 25.8 Å². The van der Waals surface area contributed by atoms with E-state index in [1.165, 1.54) is 6.92 Å². The summed E-state index contributed by atoms with van der Waals surface area (Å²) in [6, 6.07) is 7.78. The highest BCUT2D eigenvalue weighted by Crippen LogP contribution is 2.28. The Hall–Kier alpha value is -2.10. The van der Waals surface area contributed by atoms with Crippen molar-refractivity contribution in [1.29, 1.82) is 0 Å². The van der Waals surface area contributed by atoms with E-state index in [1.807, 2.05) is 24.3 Å². The highest BCUT2D eigenvalue weighted by molar-refractivity contribution is 6.09. The van der Waals surface area contributed by atoms with Crippen LogP contribution in [0.4, 0.5) is 5.69 Å². The molecule has 0 radical (unpaired) electrons. The minimum absolute atomic E-state index is 0.105. The Balaban J connectivity index is 2.37. The lowest BCUT2D eigenvalue weighted by Crippen LogP contribution is -2.36. The lowest BCUT2D eigenvalue weighted by atomic mass is 10.0. The third-order valence-corrected chi connectivity index (χ3v) is 3.56. The summed E-state index contributed by atoms with van der Waals surface area (Å²) in [7, 11) is 0. The maximum Gasteiger partial charge on any atom is 0.331 e. The minimum Gasteiger partial charge on any atom is -0.478 e. The quantitative estimate of drug-likeness (QED) is 0.830. The number of hydrogen-bond acceptors (Lipinski definition) is 2. The molecule has 0 bridgehead atoms. The van der Waals surface area contributed by atoms with E-state index in [9.17, 15) is 9.59 Å². The van der Waals surface area contributed by atoms with Crippen LogP contribution in [-0.4, -0.2) is 23.5 Å². The first-order valence-corrected chi connectivity index (χ1v) is 6.33. The topological polar surface area (TPSA) is 57.6 Å². The Morgan fingerprint density at radius 3 is 2.53 bits per heavy atom. The molecular weight excluding hydrogens is 242 g/mol. The van der Waals surface area contributed by atoms with E-state index >= 15 is 0 Å². The van der Waals surface area contributed by atoms with Crippen molar-refractivity contribution in [2.24, 2.45) is 0 Å². The molecule has 0 atom stereocenters. The second-order valence-corrected chi connectivity index (χ2v) is 4.74. The monoisotopic (exact) mass is 259 g/mol. The van der Waals surface area contributed by atoms with Gasteiger partial charge in [-0.1, -0.05) is 18.2 Å². The molecule has 1 N–H and O–H groups in total. The highest BCUT2D eigenvalue weighted by Gasteiger charge is 2.24. The first-order chi connectivity index (χ1) is 9.02. The zero-order valence-corrected chi connectivity index (χ0v) is 11.1. The van der Waals surface area contributed by atoms with Gasteiger partial charge in [0.25, 0.3) is 5.91 Å². The Labute approximate surface area is 112 Å². The zero-order chi connectivity index (χ0) is 14.0. The number of carbonyl (C=O) groups is 2. The summed E-state index contributed by atoms with van der Waals surface area (Å²) in [5.74, 6) is -1.26. The number of fused-ring (bicyclic) bond motifs is 1. The number of aliphatic carboxylic acids is 1. The summed E-state index contributed by atoms with van der Waals surface area (Å²) < 4.78 is 0. The van der Waals surface area contributed by atoms with Gasteiger partial charge in [-0.15, -0.1) is 0 Å². The van der Waals surface area contributed by atoms with E-state index in [0.717, 1.165) is 24.1 Å². The predicted molar refractivity (Wildman–Crippen MR) is 73.1 cm³/mol. The van der Waals surface area contributed by atoms with E-state index in [1.54, 1.807) is 11.8 Å². The predicted octanol–water partition coefficient (Wildman–Crippen LogP) is 2.39. The third kappa shape index (κ3) is 2.52. The summed E-state index contributed by atoms with van der Waals surface area (Å²) in [5, 5.41) is 8.97. The van der Waals surface area contributed by atoms with Gasteiger partial charge in [0, 0.05) is 23.4 Å². The lowest BCUT2D eigenvalue weighted by Gasteiger charge is -2.30. The average Bonchev–Trinajstić information content (AvgIpc) is 2.44. The maximum atomic E-state index is 12.4. The number of aryl methyl sites for hydroxylation is 1. The molecule has 2 rings (SSSR count). The molecule has 100 valence electrons. The highest BCUT2D eigenvalue weighted by atomic mass is 16.4. The Morgan fingerprint density at radius 2 is 1.84 bits per heavy atom. The first kappa shape index (κ1) is 13.3. The number of carboxylic acids is 1. The molecule has 0 aliphatic carbocycles. The fourth-order valence-electron chi connectivity index (χ4n) is 2.27. The van der Waals surface area contributed by atoms with Crippen LogP contribution in [-0.2, 0) is 16.0 Å². The standard InChI is InChI=1S/C15H17NO3/c1-10(11(2)15(18)19)14(17)16-9-5-7-12-6-3-4-8-13(12)16/h3-4,6,8H,5,7,9H2,1-2H3,(H,18,19). The fourth-order valence-corrected chi connectivity index (χ4v) is 2.27. The van der Waals surface area contributed by atoms with Crippen LogP contribution < -0.4 is 4.90 Å². The van der Waals surface area contributed by atoms with Crippen LogP contribution in [0.5, 0.6) is 0 Å². The van der Waals surface area contributed by atoms with E-state index in [0.29, 0.717) is 12.1 Å². The van der Waals surface area contributed by atoms with Crippen LogP contribution in [0.25, 0.3) is 0 Å². The summed E-state index contributed by atoms with van der Waals surface area (Å²) in [6.45, 7) is 3.68. The number of carbonyl (C=O) groups excluding carboxylic acids is 1. The van der Waals surface area contributed by atoms with Gasteiger partial charge in [0.1, 0.15) is 0 Å². The molecule has 1 heterocycles. The number of hydrogen-bond donors (Lipinski definition) is 1. The van der Waals surface area contributed by atoms with Gasteiger partial charge in [0.05, 0.1) is 0 Å². The number of amides is 1. The molecular formula is C15H17NO3. The second kappa shape index (κ2) is 5.26. The number of rotatable bonds is 2. The Kier molecular flexibility index (Phi) is 3.69. The minimum atomic E-state index is -1.05. The van der Waals surface area contributed by atoms with Crippen LogP contribution in [0.3, 0.4) is 0 Å². The van der Waals surface area contributed by atoms with Crippen molar-refractivity contribution in [2.45, 2.75) is 26.7 Å². The Bertz CT molecular complexity index is 560. The van der Waals surface area contributed by atoms with Crippen molar-refractivity contribution in [1.82, 2.24) is 0 Å². The van der Waals surface area contributed by atoms with E-state index < -0.39 is 5.97 Å². The fraction of sp³-hybridized carbons (Fsp3) is 0.333. The van der Waals surface area contributed by atoms with Gasteiger partial charge >= 0.3 is 5.97 Å². The van der Waals surface area contributed by atoms with Gasteiger partial charge in [-0.25, -0.2) is 4.79 Å². The Morgan fingerprint density at radius 1 is 1.16 bits per heavy atom. The molecule has 0 unspecified atom stereocenters. The molecule has 1 aromatic rings. The number of anilines is 1. The molecule has 0 saturated heterocycles. The van der Waals surface area contributed by atoms with Crippen molar-refractivity contribution in [2.75, 3.05) is 11.4 Å². The average molecular weight is 259 g/mol. The third-order valence-electron chi connectivity index (χ3n) is 3.56. The van der Waals surface area contributed by atoms with Gasteiger partial charge < -0.3 is 10.0 Å². The molecule has 0 spiro atoms. The van der Waals surface area contributed by atoms with Crippen molar-refractivity contribution in [3.8, 4) is 0 Å². The van der Waals surface area contributed by atoms with Gasteiger partial charge in [0.15, 0.2) is 0 Å². The largest absolute Gasteiger partial charge is 0.478 e. The summed E-state index contributed by atoms with van der Waals surface area (Å²) in [5.41, 5.74) is 2.44. The van der Waals surface area contributed by atoms with E-state index in [2.05, 4.69) is 0 Å². The van der Waals surface area contributed by atoms with Crippen LogP contribution in [0.2, 0.25) is 0 Å². The maximum absolute atomic E-state index is 12.4. The molecule has 1 aromatic carbocycles. The molecule has 19 heavy (non-hydrogen) atoms. The normalized spacial score (nSPS) is 15.6. The van der Waals surface area contributed by atoms with Gasteiger partial charge in [0.2, 0.25) is 0 Å². The number of nitrogens with zero attached hydrogens (tertiary/aromatic N) is 1. The number of benzene rings is 1. The van der Waals surface area contributed by atoms with Crippen molar-refractivity contribution >= 4 is 17.6 Å². The zero-order valence-electron chi connectivity index (χ0n) is 11.1. The summed E-state index contributed by atoms with van der Waals surface area (Å²) in [6.07, 6.45) is 1.86. The lowest BCUT2D eigenvalue weighted by molar-refractivity contribution is -0.133. The van der Waals surface area contributed by atoms with Crippen molar-refractivity contribution < 1.29 is 14.7 Å². The SMILES string of the molecule is CC(C(=O)O)=C(C)C(=O)N1CCCc2ccccc21. The first-order valence-electron chi connectivity index (χ1n) is 6.33. The van der Waals surface area contributed by atoms with Gasteiger partial charge in [-0.2, -0.15) is 0 Å². The van der Waals surface area contributed by atoms with Gasteiger partial charge in [-0.3, -0.25) is 4.79 Å². The summed E-state index contributed by atoms with van der Waals surface area (Å²) >= 11 is 0. The second-order valence-electron chi connectivity index (χ2n) is 4.74. The molecule has 4 heteroatoms. The van der Waals surface area contributed by atoms with Crippen LogP contribution in [0.15, 0.2) is 35.4 Å². The molecule has 4 nitrogen and oxygen atoms in total. The van der Waals surface area contributed by atoms with Gasteiger partial charge in [-0.05, 0) is 38.3 Å². The van der Waals surface area contributed by atoms with Crippen molar-refractivity contribution in [3.05, 3.63) is 41.0 Å². The molecule has 1 amide bonds. The summed E-state index contributed by atoms with van der Waals surface area (Å²) in [4.78, 5) is 25.0.